The normalized spacial score (nSPS) is 14.4. The van der Waals surface area contributed by atoms with Gasteiger partial charge in [0.25, 0.3) is 0 Å². The highest BCUT2D eigenvalue weighted by Crippen LogP contribution is 2.29. The van der Waals surface area contributed by atoms with Gasteiger partial charge in [-0.2, -0.15) is 0 Å². The average molecular weight is 743 g/mol. The summed E-state index contributed by atoms with van der Waals surface area (Å²) in [5.74, 6) is 1.22. The third kappa shape index (κ3) is 21.8. The van der Waals surface area contributed by atoms with Crippen LogP contribution in [0, 0.1) is 0 Å². The first-order valence-corrected chi connectivity index (χ1v) is 20.4. The number of carbonyl (C=O) groups excluding carboxylic acids is 4. The molecule has 2 aliphatic rings. The first kappa shape index (κ1) is 48.2. The fourth-order valence-electron chi connectivity index (χ4n) is 6.61. The molecule has 6 heteroatoms. The Morgan fingerprint density at radius 1 is 0.556 bits per heavy atom. The Morgan fingerprint density at radius 3 is 1.26 bits per heavy atom. The van der Waals surface area contributed by atoms with Gasteiger partial charge in [-0.25, -0.2) is 0 Å². The van der Waals surface area contributed by atoms with E-state index in [1.165, 1.54) is 22.3 Å². The van der Waals surface area contributed by atoms with Gasteiger partial charge in [-0.3, -0.25) is 19.2 Å². The lowest BCUT2D eigenvalue weighted by atomic mass is 9.79. The van der Waals surface area contributed by atoms with E-state index in [0.717, 1.165) is 77.5 Å². The fraction of sp³-hybridized carbons (Fsp3) is 0.583. The van der Waals surface area contributed by atoms with Crippen molar-refractivity contribution in [1.29, 1.82) is 0 Å². The number of benzene rings is 2. The first-order chi connectivity index (χ1) is 25.4. The van der Waals surface area contributed by atoms with E-state index in [2.05, 4.69) is 65.1 Å². The maximum absolute atomic E-state index is 12.3. The van der Waals surface area contributed by atoms with Crippen LogP contribution in [0.15, 0.2) is 85.0 Å². The van der Waals surface area contributed by atoms with Gasteiger partial charge in [0.05, 0.1) is 0 Å². The minimum atomic E-state index is -0.112. The smallest absolute Gasteiger partial charge is 0.222 e. The van der Waals surface area contributed by atoms with Crippen LogP contribution >= 0.6 is 0 Å². The molecule has 0 N–H and O–H groups in total. The molecular weight excluding hydrogens is 669 g/mol. The number of Topliss-reactive ketones (excluding diaryl/α,β-unsaturated/α-hetero) is 2. The highest BCUT2D eigenvalue weighted by Gasteiger charge is 2.25. The molecular formula is C48H74N2O4. The number of rotatable bonds is 16. The molecule has 2 aromatic rings. The third-order valence-corrected chi connectivity index (χ3v) is 9.50. The number of amides is 2. The number of carbonyl (C=O) groups is 4. The van der Waals surface area contributed by atoms with Gasteiger partial charge in [0.2, 0.25) is 11.8 Å². The average Bonchev–Trinajstić information content (AvgIpc) is 3.40. The van der Waals surface area contributed by atoms with Crippen molar-refractivity contribution in [2.75, 3.05) is 26.2 Å². The molecule has 0 spiro atoms. The largest absolute Gasteiger partial charge is 0.343 e. The van der Waals surface area contributed by atoms with Crippen LogP contribution in [0.4, 0.5) is 0 Å². The van der Waals surface area contributed by atoms with E-state index in [1.54, 1.807) is 0 Å². The molecule has 2 fully saturated rings. The number of nitrogens with zero attached hydrogens (tertiary/aromatic N) is 2. The van der Waals surface area contributed by atoms with Gasteiger partial charge >= 0.3 is 0 Å². The summed E-state index contributed by atoms with van der Waals surface area (Å²) in [5, 5.41) is 0. The van der Waals surface area contributed by atoms with Gasteiger partial charge in [0.1, 0.15) is 11.6 Å². The Bertz CT molecular complexity index is 1410. The second kappa shape index (κ2) is 26.1. The van der Waals surface area contributed by atoms with Gasteiger partial charge in [-0.1, -0.05) is 106 Å². The molecule has 2 aliphatic heterocycles. The predicted octanol–water partition coefficient (Wildman–Crippen LogP) is 11.4. The molecule has 2 heterocycles. The zero-order chi connectivity index (χ0) is 40.6. The number of unbranched alkanes of at least 4 members (excludes halogenated alkanes) is 2. The van der Waals surface area contributed by atoms with Crippen LogP contribution in [0.3, 0.4) is 0 Å². The van der Waals surface area contributed by atoms with Crippen molar-refractivity contribution in [2.45, 2.75) is 156 Å². The minimum absolute atomic E-state index is 0.108. The summed E-state index contributed by atoms with van der Waals surface area (Å²) in [6, 6.07) is 20.5. The molecule has 54 heavy (non-hydrogen) atoms. The molecule has 0 bridgehead atoms. The molecule has 0 radical (unpaired) electrons. The van der Waals surface area contributed by atoms with E-state index >= 15 is 0 Å². The molecule has 0 unspecified atom stereocenters. The van der Waals surface area contributed by atoms with Crippen LogP contribution in [0.25, 0.3) is 0 Å². The molecule has 0 saturated carbocycles. The molecule has 6 nitrogen and oxygen atoms in total. The summed E-state index contributed by atoms with van der Waals surface area (Å²) in [4.78, 5) is 51.9. The number of likely N-dealkylation sites (tertiary alicyclic amines) is 2. The van der Waals surface area contributed by atoms with Crippen LogP contribution in [0.5, 0.6) is 0 Å². The second-order valence-electron chi connectivity index (χ2n) is 16.9. The quantitative estimate of drug-likeness (QED) is 0.127. The molecule has 4 rings (SSSR count). The standard InChI is InChI=1S/C21H31NO2.C19H27NO2.2C4H8/c1-21(2,18-11-5-3-6-12-18)17-19(23)13-8-10-16-22-15-9-4-7-14-20(22)24;1-19(2,16-9-4-3-5-10-16)15-17(21)11-6-7-13-20-14-8-12-18(20)22;2*1-4(2)3/h3,5-6,11-12H,4,7-10,13-17H2,1-2H3;3-5,9-10H,6-8,11-15H2,1-2H3;2*1H2,2-3H3. The second-order valence-corrected chi connectivity index (χ2v) is 16.9. The number of hydrogen-bond donors (Lipinski definition) is 0. The Kier molecular flexibility index (Phi) is 23.3. The van der Waals surface area contributed by atoms with Crippen molar-refractivity contribution in [3.05, 3.63) is 96.1 Å². The summed E-state index contributed by atoms with van der Waals surface area (Å²) < 4.78 is 0. The Morgan fingerprint density at radius 2 is 0.907 bits per heavy atom. The van der Waals surface area contributed by atoms with Gasteiger partial charge in [0.15, 0.2) is 0 Å². The van der Waals surface area contributed by atoms with Crippen LogP contribution in [-0.4, -0.2) is 59.4 Å². The summed E-state index contributed by atoms with van der Waals surface area (Å²) in [7, 11) is 0. The van der Waals surface area contributed by atoms with E-state index in [4.69, 9.17) is 0 Å². The van der Waals surface area contributed by atoms with Gasteiger partial charge in [0, 0.05) is 64.7 Å². The van der Waals surface area contributed by atoms with E-state index in [0.29, 0.717) is 56.0 Å². The summed E-state index contributed by atoms with van der Waals surface area (Å²) in [6.07, 6.45) is 11.7. The Hall–Kier alpha value is -3.80. The van der Waals surface area contributed by atoms with Crippen molar-refractivity contribution in [3.63, 3.8) is 0 Å². The van der Waals surface area contributed by atoms with E-state index in [-0.39, 0.29) is 16.7 Å². The van der Waals surface area contributed by atoms with Crippen molar-refractivity contribution < 1.29 is 19.2 Å². The zero-order valence-corrected chi connectivity index (χ0v) is 35.4. The monoisotopic (exact) mass is 743 g/mol. The Balaban J connectivity index is 0.000000451. The van der Waals surface area contributed by atoms with Gasteiger partial charge in [-0.15, -0.1) is 13.2 Å². The lowest BCUT2D eigenvalue weighted by Gasteiger charge is -2.24. The van der Waals surface area contributed by atoms with Crippen molar-refractivity contribution >= 4 is 23.4 Å². The molecule has 2 aromatic carbocycles. The van der Waals surface area contributed by atoms with Gasteiger partial charge < -0.3 is 9.80 Å². The SMILES string of the molecule is C=C(C)C.C=C(C)C.CC(C)(CC(=O)CCCCN1CCCC1=O)c1ccccc1.CC(C)(CC(=O)CCCCN1CCCCCC1=O)c1ccccc1. The maximum Gasteiger partial charge on any atom is 0.222 e. The minimum Gasteiger partial charge on any atom is -0.343 e. The highest BCUT2D eigenvalue weighted by atomic mass is 16.2. The molecule has 0 aromatic heterocycles. The van der Waals surface area contributed by atoms with Crippen LogP contribution in [0.1, 0.15) is 156 Å². The Labute approximate surface area is 329 Å². The lowest BCUT2D eigenvalue weighted by molar-refractivity contribution is -0.131. The molecule has 2 saturated heterocycles. The third-order valence-electron chi connectivity index (χ3n) is 9.50. The van der Waals surface area contributed by atoms with E-state index < -0.39 is 0 Å². The van der Waals surface area contributed by atoms with E-state index in [1.807, 2.05) is 73.9 Å². The summed E-state index contributed by atoms with van der Waals surface area (Å²) in [5.41, 5.74) is 4.54. The topological polar surface area (TPSA) is 74.8 Å². The predicted molar refractivity (Wildman–Crippen MR) is 228 cm³/mol. The molecule has 2 amide bonds. The number of allylic oxidation sites excluding steroid dienone is 2. The first-order valence-electron chi connectivity index (χ1n) is 20.4. The molecule has 300 valence electrons. The van der Waals surface area contributed by atoms with Crippen molar-refractivity contribution in [2.24, 2.45) is 0 Å². The van der Waals surface area contributed by atoms with Crippen LogP contribution < -0.4 is 0 Å². The summed E-state index contributed by atoms with van der Waals surface area (Å²) in [6.45, 7) is 26.9. The maximum atomic E-state index is 12.3. The summed E-state index contributed by atoms with van der Waals surface area (Å²) >= 11 is 0. The molecule has 0 aliphatic carbocycles. The number of hydrogen-bond acceptors (Lipinski definition) is 4. The fourth-order valence-corrected chi connectivity index (χ4v) is 6.61. The van der Waals surface area contributed by atoms with Crippen molar-refractivity contribution in [1.82, 2.24) is 9.80 Å². The number of ketones is 2. The van der Waals surface area contributed by atoms with Crippen LogP contribution in [-0.2, 0) is 30.0 Å². The lowest BCUT2D eigenvalue weighted by Crippen LogP contribution is -2.31. The highest BCUT2D eigenvalue weighted by molar-refractivity contribution is 5.80. The van der Waals surface area contributed by atoms with Gasteiger partial charge in [-0.05, 0) is 94.6 Å². The van der Waals surface area contributed by atoms with Crippen molar-refractivity contribution in [3.8, 4) is 0 Å². The zero-order valence-electron chi connectivity index (χ0n) is 35.4. The molecule has 0 atom stereocenters. The van der Waals surface area contributed by atoms with E-state index in [9.17, 15) is 19.2 Å². The van der Waals surface area contributed by atoms with Crippen LogP contribution in [0.2, 0.25) is 0 Å².